The predicted octanol–water partition coefficient (Wildman–Crippen LogP) is 5.97. The number of hydrogen-bond acceptors (Lipinski definition) is 4. The standard InChI is InChI=1S/C30H24FN3O3S/c31-26-14-8-7-11-22(26)19-27(34-29(36)21-9-3-1-4-10-21)30(37)33-24-15-17-25(18-16-24)38-20-28(35)32-23-12-5-2-6-13-23/h1-19H,20H2,(H,32,35)(H,33,37)(H,34,36)/b27-19-. The Kier molecular flexibility index (Phi) is 9.04. The van der Waals surface area contributed by atoms with Gasteiger partial charge < -0.3 is 16.0 Å². The summed E-state index contributed by atoms with van der Waals surface area (Å²) in [4.78, 5) is 38.8. The van der Waals surface area contributed by atoms with E-state index in [-0.39, 0.29) is 22.9 Å². The highest BCUT2D eigenvalue weighted by atomic mass is 32.2. The molecule has 190 valence electrons. The third kappa shape index (κ3) is 7.65. The number of halogens is 1. The summed E-state index contributed by atoms with van der Waals surface area (Å²) >= 11 is 1.36. The fraction of sp³-hybridized carbons (Fsp3) is 0.0333. The molecule has 0 radical (unpaired) electrons. The highest BCUT2D eigenvalue weighted by Crippen LogP contribution is 2.21. The number of para-hydroxylation sites is 1. The number of carbonyl (C=O) groups is 3. The lowest BCUT2D eigenvalue weighted by atomic mass is 10.1. The topological polar surface area (TPSA) is 87.3 Å². The van der Waals surface area contributed by atoms with Crippen LogP contribution in [0.2, 0.25) is 0 Å². The molecule has 0 aromatic heterocycles. The molecule has 0 saturated carbocycles. The number of carbonyl (C=O) groups excluding carboxylic acids is 3. The molecular formula is C30H24FN3O3S. The first kappa shape index (κ1) is 26.4. The number of amides is 3. The molecule has 0 atom stereocenters. The van der Waals surface area contributed by atoms with Crippen LogP contribution in [0.1, 0.15) is 15.9 Å². The minimum absolute atomic E-state index is 0.111. The third-order valence-corrected chi connectivity index (χ3v) is 6.29. The molecule has 0 aliphatic rings. The van der Waals surface area contributed by atoms with Crippen LogP contribution < -0.4 is 16.0 Å². The molecule has 0 aliphatic heterocycles. The lowest BCUT2D eigenvalue weighted by molar-refractivity contribution is -0.114. The van der Waals surface area contributed by atoms with Gasteiger partial charge in [-0.25, -0.2) is 4.39 Å². The number of hydrogen-bond donors (Lipinski definition) is 3. The van der Waals surface area contributed by atoms with E-state index < -0.39 is 17.6 Å². The van der Waals surface area contributed by atoms with Crippen molar-refractivity contribution < 1.29 is 18.8 Å². The van der Waals surface area contributed by atoms with Crippen molar-refractivity contribution in [2.45, 2.75) is 4.90 Å². The van der Waals surface area contributed by atoms with Crippen molar-refractivity contribution in [3.05, 3.63) is 132 Å². The summed E-state index contributed by atoms with van der Waals surface area (Å²) in [7, 11) is 0. The largest absolute Gasteiger partial charge is 0.325 e. The van der Waals surface area contributed by atoms with Crippen molar-refractivity contribution in [1.29, 1.82) is 0 Å². The Morgan fingerprint density at radius 3 is 2.00 bits per heavy atom. The zero-order valence-electron chi connectivity index (χ0n) is 20.2. The van der Waals surface area contributed by atoms with Gasteiger partial charge in [0.1, 0.15) is 11.5 Å². The molecule has 0 saturated heterocycles. The van der Waals surface area contributed by atoms with Crippen molar-refractivity contribution in [2.24, 2.45) is 0 Å². The van der Waals surface area contributed by atoms with Crippen LogP contribution in [0.4, 0.5) is 15.8 Å². The minimum atomic E-state index is -0.611. The Bertz CT molecular complexity index is 1440. The molecule has 0 aliphatic carbocycles. The van der Waals surface area contributed by atoms with Crippen molar-refractivity contribution >= 4 is 46.9 Å². The highest BCUT2D eigenvalue weighted by molar-refractivity contribution is 8.00. The number of benzene rings is 4. The van der Waals surface area contributed by atoms with E-state index in [0.717, 1.165) is 10.6 Å². The minimum Gasteiger partial charge on any atom is -0.325 e. The van der Waals surface area contributed by atoms with Gasteiger partial charge in [0.25, 0.3) is 11.8 Å². The summed E-state index contributed by atoms with van der Waals surface area (Å²) in [6, 6.07) is 30.5. The quantitative estimate of drug-likeness (QED) is 0.186. The molecule has 4 rings (SSSR count). The molecule has 4 aromatic carbocycles. The second kappa shape index (κ2) is 13.0. The maximum absolute atomic E-state index is 14.3. The maximum atomic E-state index is 14.3. The molecule has 0 unspecified atom stereocenters. The molecule has 3 amide bonds. The highest BCUT2D eigenvalue weighted by Gasteiger charge is 2.16. The van der Waals surface area contributed by atoms with Gasteiger partial charge in [-0.15, -0.1) is 11.8 Å². The molecule has 0 spiro atoms. The molecule has 38 heavy (non-hydrogen) atoms. The maximum Gasteiger partial charge on any atom is 0.272 e. The van der Waals surface area contributed by atoms with Crippen LogP contribution in [0.3, 0.4) is 0 Å². The molecule has 6 nitrogen and oxygen atoms in total. The summed E-state index contributed by atoms with van der Waals surface area (Å²) in [5.74, 6) is -1.54. The monoisotopic (exact) mass is 525 g/mol. The average molecular weight is 526 g/mol. The van der Waals surface area contributed by atoms with Crippen LogP contribution in [0, 0.1) is 5.82 Å². The van der Waals surface area contributed by atoms with Crippen LogP contribution in [-0.4, -0.2) is 23.5 Å². The van der Waals surface area contributed by atoms with Gasteiger partial charge >= 0.3 is 0 Å². The molecular weight excluding hydrogens is 501 g/mol. The van der Waals surface area contributed by atoms with Crippen molar-refractivity contribution in [1.82, 2.24) is 5.32 Å². The summed E-state index contributed by atoms with van der Waals surface area (Å²) < 4.78 is 14.3. The van der Waals surface area contributed by atoms with Gasteiger partial charge in [0, 0.05) is 27.4 Å². The number of anilines is 2. The first-order chi connectivity index (χ1) is 18.5. The van der Waals surface area contributed by atoms with Gasteiger partial charge in [-0.05, 0) is 60.7 Å². The smallest absolute Gasteiger partial charge is 0.272 e. The van der Waals surface area contributed by atoms with Crippen LogP contribution in [0.5, 0.6) is 0 Å². The van der Waals surface area contributed by atoms with Gasteiger partial charge in [0.2, 0.25) is 5.91 Å². The summed E-state index contributed by atoms with van der Waals surface area (Å²) in [6.45, 7) is 0. The van der Waals surface area contributed by atoms with Crippen molar-refractivity contribution in [2.75, 3.05) is 16.4 Å². The van der Waals surface area contributed by atoms with Crippen LogP contribution in [0.15, 0.2) is 120 Å². The van der Waals surface area contributed by atoms with Crippen molar-refractivity contribution in [3.8, 4) is 0 Å². The Morgan fingerprint density at radius 1 is 0.711 bits per heavy atom. The van der Waals surface area contributed by atoms with Gasteiger partial charge in [-0.1, -0.05) is 54.6 Å². The lowest BCUT2D eigenvalue weighted by Gasteiger charge is -2.12. The first-order valence-corrected chi connectivity index (χ1v) is 12.7. The van der Waals surface area contributed by atoms with E-state index in [1.54, 1.807) is 66.7 Å². The van der Waals surface area contributed by atoms with E-state index in [1.807, 2.05) is 30.3 Å². The van der Waals surface area contributed by atoms with E-state index in [2.05, 4.69) is 16.0 Å². The number of thioether (sulfide) groups is 1. The number of nitrogens with one attached hydrogen (secondary N) is 3. The SMILES string of the molecule is O=C(CSc1ccc(NC(=O)/C(=C/c2ccccc2F)NC(=O)c2ccccc2)cc1)Nc1ccccc1. The van der Waals surface area contributed by atoms with E-state index in [4.69, 9.17) is 0 Å². The predicted molar refractivity (Wildman–Crippen MR) is 149 cm³/mol. The zero-order valence-corrected chi connectivity index (χ0v) is 21.0. The van der Waals surface area contributed by atoms with E-state index in [1.165, 1.54) is 30.0 Å². The van der Waals surface area contributed by atoms with Crippen molar-refractivity contribution in [3.63, 3.8) is 0 Å². The van der Waals surface area contributed by atoms with Crippen LogP contribution in [0.25, 0.3) is 6.08 Å². The second-order valence-corrected chi connectivity index (χ2v) is 9.13. The molecule has 8 heteroatoms. The van der Waals surface area contributed by atoms with Gasteiger partial charge in [-0.3, -0.25) is 14.4 Å². The molecule has 0 heterocycles. The molecule has 0 bridgehead atoms. The summed E-state index contributed by atoms with van der Waals surface area (Å²) in [5, 5.41) is 8.15. The lowest BCUT2D eigenvalue weighted by Crippen LogP contribution is -2.30. The fourth-order valence-electron chi connectivity index (χ4n) is 3.39. The first-order valence-electron chi connectivity index (χ1n) is 11.7. The van der Waals surface area contributed by atoms with E-state index in [0.29, 0.717) is 11.3 Å². The van der Waals surface area contributed by atoms with Crippen LogP contribution in [-0.2, 0) is 9.59 Å². The summed E-state index contributed by atoms with van der Waals surface area (Å²) in [5.41, 5.74) is 1.61. The zero-order chi connectivity index (χ0) is 26.7. The van der Waals surface area contributed by atoms with Gasteiger partial charge in [-0.2, -0.15) is 0 Å². The molecule has 4 aromatic rings. The Balaban J connectivity index is 1.42. The van der Waals surface area contributed by atoms with E-state index >= 15 is 0 Å². The van der Waals surface area contributed by atoms with Crippen LogP contribution >= 0.6 is 11.8 Å². The molecule has 3 N–H and O–H groups in total. The Morgan fingerprint density at radius 2 is 1.32 bits per heavy atom. The second-order valence-electron chi connectivity index (χ2n) is 8.08. The van der Waals surface area contributed by atoms with Gasteiger partial charge in [0.15, 0.2) is 0 Å². The normalized spacial score (nSPS) is 10.9. The Labute approximate surface area is 224 Å². The summed E-state index contributed by atoms with van der Waals surface area (Å²) in [6.07, 6.45) is 1.29. The van der Waals surface area contributed by atoms with Gasteiger partial charge in [0.05, 0.1) is 5.75 Å². The van der Waals surface area contributed by atoms with E-state index in [9.17, 15) is 18.8 Å². The Hall–Kier alpha value is -4.69. The fourth-order valence-corrected chi connectivity index (χ4v) is 4.09. The third-order valence-electron chi connectivity index (χ3n) is 5.27. The number of rotatable bonds is 9. The average Bonchev–Trinajstić information content (AvgIpc) is 2.94. The molecule has 0 fully saturated rings.